The van der Waals surface area contributed by atoms with Crippen molar-refractivity contribution in [2.75, 3.05) is 0 Å². The van der Waals surface area contributed by atoms with Crippen molar-refractivity contribution in [1.82, 2.24) is 5.32 Å². The highest BCUT2D eigenvalue weighted by molar-refractivity contribution is 5.24. The third-order valence-corrected chi connectivity index (χ3v) is 4.53. The van der Waals surface area contributed by atoms with Gasteiger partial charge in [-0.1, -0.05) is 50.1 Å². The summed E-state index contributed by atoms with van der Waals surface area (Å²) in [6, 6.07) is 10.0. The Morgan fingerprint density at radius 3 is 2.44 bits per heavy atom. The van der Waals surface area contributed by atoms with Crippen LogP contribution in [0.1, 0.15) is 57.2 Å². The predicted octanol–water partition coefficient (Wildman–Crippen LogP) is 4.47. The summed E-state index contributed by atoms with van der Waals surface area (Å²) in [6.45, 7) is 9.26. The molecule has 0 bridgehead atoms. The molecule has 0 aromatic heterocycles. The second-order valence-electron chi connectivity index (χ2n) is 6.21. The molecule has 0 aliphatic heterocycles. The van der Waals surface area contributed by atoms with Gasteiger partial charge in [-0.25, -0.2) is 0 Å². The molecule has 0 radical (unpaired) electrons. The van der Waals surface area contributed by atoms with Gasteiger partial charge in [-0.2, -0.15) is 0 Å². The van der Waals surface area contributed by atoms with Gasteiger partial charge in [0.05, 0.1) is 0 Å². The summed E-state index contributed by atoms with van der Waals surface area (Å²) < 4.78 is 0. The zero-order valence-electron chi connectivity index (χ0n) is 12.2. The SMILES string of the molecule is Cc1cccc([C@@H](C)NC2C(C)CCCC2C)c1. The van der Waals surface area contributed by atoms with E-state index in [-0.39, 0.29) is 0 Å². The number of aryl methyl sites for hydroxylation is 1. The highest BCUT2D eigenvalue weighted by Gasteiger charge is 2.28. The van der Waals surface area contributed by atoms with Gasteiger partial charge in [0.2, 0.25) is 0 Å². The molecule has 3 atom stereocenters. The molecule has 1 aliphatic rings. The predicted molar refractivity (Wildman–Crippen MR) is 78.7 cm³/mol. The molecule has 1 aromatic rings. The van der Waals surface area contributed by atoms with Crippen LogP contribution in [0.25, 0.3) is 0 Å². The largest absolute Gasteiger partial charge is 0.307 e. The summed E-state index contributed by atoms with van der Waals surface area (Å²) in [7, 11) is 0. The molecule has 1 N–H and O–H groups in total. The molecule has 1 aromatic carbocycles. The van der Waals surface area contributed by atoms with Crippen molar-refractivity contribution in [2.24, 2.45) is 11.8 Å². The van der Waals surface area contributed by atoms with E-state index in [4.69, 9.17) is 0 Å². The van der Waals surface area contributed by atoms with Gasteiger partial charge in [-0.05, 0) is 44.1 Å². The molecule has 18 heavy (non-hydrogen) atoms. The summed E-state index contributed by atoms with van der Waals surface area (Å²) in [5.41, 5.74) is 2.77. The average Bonchev–Trinajstić information content (AvgIpc) is 2.34. The molecule has 1 heteroatoms. The van der Waals surface area contributed by atoms with E-state index in [0.717, 1.165) is 11.8 Å². The number of rotatable bonds is 3. The van der Waals surface area contributed by atoms with E-state index in [1.54, 1.807) is 0 Å². The number of hydrogen-bond acceptors (Lipinski definition) is 1. The maximum absolute atomic E-state index is 3.86. The van der Waals surface area contributed by atoms with Crippen molar-refractivity contribution >= 4 is 0 Å². The van der Waals surface area contributed by atoms with Crippen molar-refractivity contribution in [3.63, 3.8) is 0 Å². The molecule has 1 fully saturated rings. The lowest BCUT2D eigenvalue weighted by Crippen LogP contribution is -2.43. The van der Waals surface area contributed by atoms with Crippen LogP contribution in [0, 0.1) is 18.8 Å². The van der Waals surface area contributed by atoms with Gasteiger partial charge >= 0.3 is 0 Å². The fourth-order valence-corrected chi connectivity index (χ4v) is 3.33. The number of hydrogen-bond donors (Lipinski definition) is 1. The maximum atomic E-state index is 3.86. The molecule has 0 heterocycles. The van der Waals surface area contributed by atoms with Crippen molar-refractivity contribution in [3.8, 4) is 0 Å². The van der Waals surface area contributed by atoms with Crippen LogP contribution in [-0.2, 0) is 0 Å². The van der Waals surface area contributed by atoms with Gasteiger partial charge in [0.1, 0.15) is 0 Å². The summed E-state index contributed by atoms with van der Waals surface area (Å²) in [5.74, 6) is 1.61. The smallest absolute Gasteiger partial charge is 0.0294 e. The lowest BCUT2D eigenvalue weighted by Gasteiger charge is -2.37. The molecule has 1 aliphatic carbocycles. The second-order valence-corrected chi connectivity index (χ2v) is 6.21. The number of benzene rings is 1. The highest BCUT2D eigenvalue weighted by atomic mass is 15.0. The Hall–Kier alpha value is -0.820. The average molecular weight is 245 g/mol. The van der Waals surface area contributed by atoms with Crippen LogP contribution < -0.4 is 5.32 Å². The van der Waals surface area contributed by atoms with Crippen LogP contribution in [0.15, 0.2) is 24.3 Å². The van der Waals surface area contributed by atoms with E-state index in [1.807, 2.05) is 0 Å². The first-order valence-corrected chi connectivity index (χ1v) is 7.40. The summed E-state index contributed by atoms with van der Waals surface area (Å²) in [6.07, 6.45) is 4.16. The second kappa shape index (κ2) is 5.88. The zero-order chi connectivity index (χ0) is 13.1. The lowest BCUT2D eigenvalue weighted by molar-refractivity contribution is 0.196. The fraction of sp³-hybridized carbons (Fsp3) is 0.647. The van der Waals surface area contributed by atoms with E-state index in [9.17, 15) is 0 Å². The van der Waals surface area contributed by atoms with E-state index in [1.165, 1.54) is 30.4 Å². The fourth-order valence-electron chi connectivity index (χ4n) is 3.33. The van der Waals surface area contributed by atoms with Crippen molar-refractivity contribution < 1.29 is 0 Å². The molecule has 1 saturated carbocycles. The van der Waals surface area contributed by atoms with Gasteiger partial charge < -0.3 is 5.32 Å². The minimum absolute atomic E-state index is 0.456. The monoisotopic (exact) mass is 245 g/mol. The van der Waals surface area contributed by atoms with Crippen LogP contribution in [0.5, 0.6) is 0 Å². The topological polar surface area (TPSA) is 12.0 Å². The molecule has 1 nitrogen and oxygen atoms in total. The van der Waals surface area contributed by atoms with Crippen LogP contribution in [0.4, 0.5) is 0 Å². The van der Waals surface area contributed by atoms with E-state index in [0.29, 0.717) is 12.1 Å². The third kappa shape index (κ3) is 3.14. The van der Waals surface area contributed by atoms with Crippen LogP contribution in [0.2, 0.25) is 0 Å². The molecule has 0 spiro atoms. The minimum atomic E-state index is 0.456. The summed E-state index contributed by atoms with van der Waals surface area (Å²) in [4.78, 5) is 0. The minimum Gasteiger partial charge on any atom is -0.307 e. The van der Waals surface area contributed by atoms with Crippen molar-refractivity contribution in [3.05, 3.63) is 35.4 Å². The lowest BCUT2D eigenvalue weighted by atomic mass is 9.78. The normalized spacial score (nSPS) is 30.1. The van der Waals surface area contributed by atoms with Crippen LogP contribution >= 0.6 is 0 Å². The summed E-state index contributed by atoms with van der Waals surface area (Å²) in [5, 5.41) is 3.86. The van der Waals surface area contributed by atoms with Crippen LogP contribution in [0.3, 0.4) is 0 Å². The number of nitrogens with one attached hydrogen (secondary N) is 1. The quantitative estimate of drug-likeness (QED) is 0.828. The van der Waals surface area contributed by atoms with Gasteiger partial charge in [0.15, 0.2) is 0 Å². The van der Waals surface area contributed by atoms with Gasteiger partial charge in [0.25, 0.3) is 0 Å². The first-order chi connectivity index (χ1) is 8.58. The van der Waals surface area contributed by atoms with Crippen LogP contribution in [-0.4, -0.2) is 6.04 Å². The van der Waals surface area contributed by atoms with Gasteiger partial charge in [-0.15, -0.1) is 0 Å². The van der Waals surface area contributed by atoms with Gasteiger partial charge in [-0.3, -0.25) is 0 Å². The van der Waals surface area contributed by atoms with E-state index >= 15 is 0 Å². The van der Waals surface area contributed by atoms with Crippen molar-refractivity contribution in [2.45, 2.75) is 59.0 Å². The van der Waals surface area contributed by atoms with Crippen molar-refractivity contribution in [1.29, 1.82) is 0 Å². The molecular formula is C17H27N. The maximum Gasteiger partial charge on any atom is 0.0294 e. The third-order valence-electron chi connectivity index (χ3n) is 4.53. The zero-order valence-corrected chi connectivity index (χ0v) is 12.2. The van der Waals surface area contributed by atoms with E-state index in [2.05, 4.69) is 57.3 Å². The molecule has 2 unspecified atom stereocenters. The Labute approximate surface area is 112 Å². The Morgan fingerprint density at radius 1 is 1.17 bits per heavy atom. The molecule has 2 rings (SSSR count). The standard InChI is InChI=1S/C17H27N/c1-12-7-5-10-16(11-12)15(4)18-17-13(2)8-6-9-14(17)3/h5,7,10-11,13-15,17-18H,6,8-9H2,1-4H3/t13?,14?,15-,17?/m1/s1. The Morgan fingerprint density at radius 2 is 1.83 bits per heavy atom. The first kappa shape index (κ1) is 13.6. The van der Waals surface area contributed by atoms with E-state index < -0.39 is 0 Å². The molecule has 0 saturated heterocycles. The highest BCUT2D eigenvalue weighted by Crippen LogP contribution is 2.30. The molecule has 100 valence electrons. The Bertz CT molecular complexity index is 375. The Balaban J connectivity index is 2.04. The van der Waals surface area contributed by atoms with Gasteiger partial charge in [0, 0.05) is 12.1 Å². The summed E-state index contributed by atoms with van der Waals surface area (Å²) >= 11 is 0. The molecule has 0 amide bonds. The first-order valence-electron chi connectivity index (χ1n) is 7.40. The Kier molecular flexibility index (Phi) is 4.45. The molecular weight excluding hydrogens is 218 g/mol.